The number of amides is 2. The zero-order valence-corrected chi connectivity index (χ0v) is 15.8. The summed E-state index contributed by atoms with van der Waals surface area (Å²) in [6, 6.07) is 6.96. The van der Waals surface area contributed by atoms with Crippen molar-refractivity contribution in [1.82, 2.24) is 0 Å². The number of nitrogens with one attached hydrogen (secondary N) is 1. The smallest absolute Gasteiger partial charge is 0.256 e. The summed E-state index contributed by atoms with van der Waals surface area (Å²) in [6.07, 6.45) is 6.33. The third-order valence-electron chi connectivity index (χ3n) is 4.57. The van der Waals surface area contributed by atoms with Crippen molar-refractivity contribution in [2.75, 3.05) is 11.9 Å². The normalized spacial score (nSPS) is 14.0. The number of thiophene rings is 1. The summed E-state index contributed by atoms with van der Waals surface area (Å²) in [6.45, 7) is 2.49. The van der Waals surface area contributed by atoms with E-state index in [1.54, 1.807) is 24.3 Å². The van der Waals surface area contributed by atoms with Crippen LogP contribution < -0.4 is 15.8 Å². The van der Waals surface area contributed by atoms with Gasteiger partial charge in [-0.2, -0.15) is 0 Å². The monoisotopic (exact) mass is 372 g/mol. The van der Waals surface area contributed by atoms with E-state index in [9.17, 15) is 9.59 Å². The minimum absolute atomic E-state index is 0.246. The Kier molecular flexibility index (Phi) is 5.93. The number of carbonyl (C=O) groups is 2. The summed E-state index contributed by atoms with van der Waals surface area (Å²) < 4.78 is 5.40. The largest absolute Gasteiger partial charge is 0.494 e. The Bertz CT molecular complexity index is 796. The molecule has 1 aromatic carbocycles. The summed E-state index contributed by atoms with van der Waals surface area (Å²) in [5.41, 5.74) is 7.68. The lowest BCUT2D eigenvalue weighted by Gasteiger charge is -2.10. The number of anilines is 1. The van der Waals surface area contributed by atoms with E-state index < -0.39 is 5.91 Å². The van der Waals surface area contributed by atoms with Crippen molar-refractivity contribution in [3.05, 3.63) is 45.8 Å². The molecule has 3 rings (SSSR count). The van der Waals surface area contributed by atoms with Gasteiger partial charge in [-0.1, -0.05) is 12.8 Å². The van der Waals surface area contributed by atoms with E-state index >= 15 is 0 Å². The van der Waals surface area contributed by atoms with Gasteiger partial charge in [0.15, 0.2) is 0 Å². The predicted molar refractivity (Wildman–Crippen MR) is 104 cm³/mol. The van der Waals surface area contributed by atoms with Gasteiger partial charge in [0.05, 0.1) is 12.2 Å². The molecular weight excluding hydrogens is 348 g/mol. The molecule has 138 valence electrons. The summed E-state index contributed by atoms with van der Waals surface area (Å²) >= 11 is 1.49. The number of ether oxygens (including phenoxy) is 1. The summed E-state index contributed by atoms with van der Waals surface area (Å²) in [7, 11) is 0. The van der Waals surface area contributed by atoms with Gasteiger partial charge in [-0.05, 0) is 62.4 Å². The molecule has 1 aromatic heterocycles. The first-order valence-electron chi connectivity index (χ1n) is 9.08. The Hall–Kier alpha value is -2.34. The Labute approximate surface area is 157 Å². The van der Waals surface area contributed by atoms with Crippen molar-refractivity contribution in [1.29, 1.82) is 0 Å². The summed E-state index contributed by atoms with van der Waals surface area (Å²) in [4.78, 5) is 25.8. The summed E-state index contributed by atoms with van der Waals surface area (Å²) in [5.74, 6) is 0.0100. The molecule has 0 fully saturated rings. The number of benzene rings is 1. The quantitative estimate of drug-likeness (QED) is 0.827. The first-order valence-corrected chi connectivity index (χ1v) is 9.90. The van der Waals surface area contributed by atoms with Crippen LogP contribution in [-0.2, 0) is 12.8 Å². The second-order valence-corrected chi connectivity index (χ2v) is 7.50. The third kappa shape index (κ3) is 4.07. The molecule has 2 aromatic rings. The molecule has 0 radical (unpaired) electrons. The van der Waals surface area contributed by atoms with E-state index in [1.165, 1.54) is 29.1 Å². The average Bonchev–Trinajstić information content (AvgIpc) is 2.92. The van der Waals surface area contributed by atoms with E-state index in [0.29, 0.717) is 22.7 Å². The highest BCUT2D eigenvalue weighted by Gasteiger charge is 2.24. The van der Waals surface area contributed by atoms with Crippen LogP contribution in [0.4, 0.5) is 5.00 Å². The number of nitrogens with two attached hydrogens (primary N) is 1. The lowest BCUT2D eigenvalue weighted by molar-refractivity contribution is 0.100. The van der Waals surface area contributed by atoms with Gasteiger partial charge in [0.25, 0.3) is 11.8 Å². The maximum absolute atomic E-state index is 12.6. The molecule has 0 atom stereocenters. The van der Waals surface area contributed by atoms with Crippen LogP contribution in [0.15, 0.2) is 24.3 Å². The standard InChI is InChI=1S/C20H24N2O3S/c1-2-25-14-11-9-13(10-12-14)19(24)22-20-17(18(21)23)15-7-5-3-4-6-8-16(15)26-20/h9-12H,2-8H2,1H3,(H2,21,23)(H,22,24). The van der Waals surface area contributed by atoms with E-state index in [-0.39, 0.29) is 5.91 Å². The first kappa shape index (κ1) is 18.5. The number of hydrogen-bond donors (Lipinski definition) is 2. The van der Waals surface area contributed by atoms with Crippen LogP contribution >= 0.6 is 11.3 Å². The molecule has 6 heteroatoms. The molecule has 1 aliphatic rings. The number of primary amides is 1. The van der Waals surface area contributed by atoms with E-state index in [0.717, 1.165) is 37.0 Å². The zero-order valence-electron chi connectivity index (χ0n) is 15.0. The molecule has 0 saturated carbocycles. The topological polar surface area (TPSA) is 81.4 Å². The van der Waals surface area contributed by atoms with E-state index in [2.05, 4.69) is 5.32 Å². The molecule has 3 N–H and O–H groups in total. The number of aryl methyl sites for hydroxylation is 1. The lowest BCUT2D eigenvalue weighted by Crippen LogP contribution is -2.18. The van der Waals surface area contributed by atoms with Gasteiger partial charge >= 0.3 is 0 Å². The van der Waals surface area contributed by atoms with Crippen molar-refractivity contribution in [2.24, 2.45) is 5.73 Å². The predicted octanol–water partition coefficient (Wildman–Crippen LogP) is 4.16. The van der Waals surface area contributed by atoms with Crippen molar-refractivity contribution < 1.29 is 14.3 Å². The highest BCUT2D eigenvalue weighted by molar-refractivity contribution is 7.17. The second kappa shape index (κ2) is 8.36. The Morgan fingerprint density at radius 1 is 1.12 bits per heavy atom. The van der Waals surface area contributed by atoms with E-state index in [1.807, 2.05) is 6.92 Å². The molecule has 0 spiro atoms. The summed E-state index contributed by atoms with van der Waals surface area (Å²) in [5, 5.41) is 3.47. The fourth-order valence-corrected chi connectivity index (χ4v) is 4.60. The molecular formula is C20H24N2O3S. The third-order valence-corrected chi connectivity index (χ3v) is 5.78. The van der Waals surface area contributed by atoms with Gasteiger partial charge in [-0.15, -0.1) is 11.3 Å². The van der Waals surface area contributed by atoms with Crippen molar-refractivity contribution in [3.8, 4) is 5.75 Å². The highest BCUT2D eigenvalue weighted by atomic mass is 32.1. The molecule has 2 amide bonds. The van der Waals surface area contributed by atoms with Crippen LogP contribution in [0.1, 0.15) is 63.8 Å². The maximum atomic E-state index is 12.6. The Morgan fingerprint density at radius 2 is 1.81 bits per heavy atom. The highest BCUT2D eigenvalue weighted by Crippen LogP contribution is 2.37. The second-order valence-electron chi connectivity index (χ2n) is 6.40. The molecule has 5 nitrogen and oxygen atoms in total. The van der Waals surface area contributed by atoms with Crippen LogP contribution in [0.2, 0.25) is 0 Å². The van der Waals surface area contributed by atoms with Gasteiger partial charge in [-0.25, -0.2) is 0 Å². The van der Waals surface area contributed by atoms with Crippen LogP contribution in [0.25, 0.3) is 0 Å². The molecule has 0 aliphatic heterocycles. The van der Waals surface area contributed by atoms with Gasteiger partial charge in [-0.3, -0.25) is 9.59 Å². The van der Waals surface area contributed by atoms with Crippen molar-refractivity contribution in [3.63, 3.8) is 0 Å². The number of rotatable bonds is 5. The minimum atomic E-state index is -0.468. The Balaban J connectivity index is 1.85. The van der Waals surface area contributed by atoms with Gasteiger partial charge in [0.2, 0.25) is 0 Å². The number of carbonyl (C=O) groups excluding carboxylic acids is 2. The van der Waals surface area contributed by atoms with Crippen LogP contribution in [0.5, 0.6) is 5.75 Å². The number of hydrogen-bond acceptors (Lipinski definition) is 4. The van der Waals surface area contributed by atoms with Crippen molar-refractivity contribution in [2.45, 2.75) is 45.4 Å². The minimum Gasteiger partial charge on any atom is -0.494 e. The molecule has 1 heterocycles. The fourth-order valence-electron chi connectivity index (χ4n) is 3.31. The molecule has 26 heavy (non-hydrogen) atoms. The van der Waals surface area contributed by atoms with Gasteiger partial charge in [0.1, 0.15) is 10.8 Å². The molecule has 0 saturated heterocycles. The zero-order chi connectivity index (χ0) is 18.5. The maximum Gasteiger partial charge on any atom is 0.256 e. The SMILES string of the molecule is CCOc1ccc(C(=O)Nc2sc3c(c2C(N)=O)CCCCCC3)cc1. The molecule has 1 aliphatic carbocycles. The van der Waals surface area contributed by atoms with Gasteiger partial charge < -0.3 is 15.8 Å². The average molecular weight is 372 g/mol. The van der Waals surface area contributed by atoms with Crippen molar-refractivity contribution >= 4 is 28.2 Å². The fraction of sp³-hybridized carbons (Fsp3) is 0.400. The van der Waals surface area contributed by atoms with Crippen LogP contribution in [0, 0.1) is 0 Å². The van der Waals surface area contributed by atoms with Crippen LogP contribution in [-0.4, -0.2) is 18.4 Å². The van der Waals surface area contributed by atoms with Gasteiger partial charge in [0, 0.05) is 10.4 Å². The van der Waals surface area contributed by atoms with E-state index in [4.69, 9.17) is 10.5 Å². The van der Waals surface area contributed by atoms with Crippen LogP contribution in [0.3, 0.4) is 0 Å². The lowest BCUT2D eigenvalue weighted by atomic mass is 9.96. The molecule has 0 bridgehead atoms. The number of fused-ring (bicyclic) bond motifs is 1. The first-order chi connectivity index (χ1) is 12.6. The Morgan fingerprint density at radius 3 is 2.46 bits per heavy atom. The molecule has 0 unspecified atom stereocenters.